The fourth-order valence-corrected chi connectivity index (χ4v) is 3.53. The van der Waals surface area contributed by atoms with Gasteiger partial charge in [0, 0.05) is 32.2 Å². The molecule has 1 fully saturated rings. The molecule has 0 spiro atoms. The molecule has 9 nitrogen and oxygen atoms in total. The van der Waals surface area contributed by atoms with Gasteiger partial charge in [-0.05, 0) is 32.3 Å². The summed E-state index contributed by atoms with van der Waals surface area (Å²) in [7, 11) is 0. The third kappa shape index (κ3) is 7.33. The first-order valence-electron chi connectivity index (χ1n) is 11.7. The Kier molecular flexibility index (Phi) is 8.31. The molecule has 1 saturated heterocycles. The van der Waals surface area contributed by atoms with Crippen molar-refractivity contribution in [3.05, 3.63) is 48.3 Å². The molecular weight excluding hydrogens is 434 g/mol. The second-order valence-electron chi connectivity index (χ2n) is 9.72. The smallest absolute Gasteiger partial charge is 0.408 e. The molecule has 3 rings (SSSR count). The molecule has 1 N–H and O–H groups in total. The molecule has 2 heterocycles. The second kappa shape index (κ2) is 11.2. The molecule has 1 aromatic heterocycles. The molecule has 9 heteroatoms. The monoisotopic (exact) mass is 469 g/mol. The van der Waals surface area contributed by atoms with Crippen LogP contribution in [0.25, 0.3) is 0 Å². The van der Waals surface area contributed by atoms with Crippen molar-refractivity contribution in [3.8, 4) is 5.88 Å². The topological polar surface area (TPSA) is 96.9 Å². The van der Waals surface area contributed by atoms with Gasteiger partial charge in [0.05, 0.1) is 6.61 Å². The van der Waals surface area contributed by atoms with Crippen LogP contribution >= 0.6 is 0 Å². The van der Waals surface area contributed by atoms with Crippen molar-refractivity contribution in [2.24, 2.45) is 5.92 Å². The van der Waals surface area contributed by atoms with E-state index < -0.39 is 17.7 Å². The highest BCUT2D eigenvalue weighted by Crippen LogP contribution is 2.21. The largest absolute Gasteiger partial charge is 0.477 e. The number of hydrogen-bond donors (Lipinski definition) is 1. The summed E-state index contributed by atoms with van der Waals surface area (Å²) in [4.78, 5) is 38.3. The van der Waals surface area contributed by atoms with Crippen LogP contribution in [0.2, 0.25) is 0 Å². The average molecular weight is 470 g/mol. The third-order valence-corrected chi connectivity index (χ3v) is 5.15. The van der Waals surface area contributed by atoms with Gasteiger partial charge in [0.2, 0.25) is 11.8 Å². The molecular formula is C25H35N5O4. The van der Waals surface area contributed by atoms with Gasteiger partial charge in [0.1, 0.15) is 23.8 Å². The molecule has 0 radical (unpaired) electrons. The fourth-order valence-electron chi connectivity index (χ4n) is 3.53. The molecule has 0 aliphatic carbocycles. The van der Waals surface area contributed by atoms with Crippen LogP contribution in [0.1, 0.15) is 46.2 Å². The number of nitrogens with zero attached hydrogens (tertiary/aromatic N) is 4. The summed E-state index contributed by atoms with van der Waals surface area (Å²) in [5.41, 5.74) is 0.0541. The van der Waals surface area contributed by atoms with E-state index in [0.29, 0.717) is 50.1 Å². The predicted molar refractivity (Wildman–Crippen MR) is 130 cm³/mol. The van der Waals surface area contributed by atoms with E-state index in [-0.39, 0.29) is 5.91 Å². The van der Waals surface area contributed by atoms with Crippen LogP contribution < -0.4 is 15.0 Å². The Morgan fingerprint density at radius 2 is 1.74 bits per heavy atom. The molecule has 34 heavy (non-hydrogen) atoms. The van der Waals surface area contributed by atoms with Gasteiger partial charge in [-0.1, -0.05) is 44.2 Å². The number of rotatable bonds is 7. The van der Waals surface area contributed by atoms with Gasteiger partial charge in [-0.2, -0.15) is 0 Å². The quantitative estimate of drug-likeness (QED) is 0.664. The van der Waals surface area contributed by atoms with Gasteiger partial charge in [-0.25, -0.2) is 14.8 Å². The first-order chi connectivity index (χ1) is 16.1. The normalized spacial score (nSPS) is 15.1. The predicted octanol–water partition coefficient (Wildman–Crippen LogP) is 3.43. The minimum atomic E-state index is -0.822. The van der Waals surface area contributed by atoms with Crippen molar-refractivity contribution in [1.29, 1.82) is 0 Å². The zero-order valence-corrected chi connectivity index (χ0v) is 20.7. The van der Waals surface area contributed by atoms with Crippen molar-refractivity contribution in [3.63, 3.8) is 0 Å². The number of aromatic nitrogens is 2. The van der Waals surface area contributed by atoms with Crippen LogP contribution in [-0.2, 0) is 9.53 Å². The Morgan fingerprint density at radius 1 is 1.06 bits per heavy atom. The molecule has 1 atom stereocenters. The summed E-state index contributed by atoms with van der Waals surface area (Å²) in [6, 6.07) is 10.2. The zero-order valence-electron chi connectivity index (χ0n) is 20.7. The Morgan fingerprint density at radius 3 is 2.35 bits per heavy atom. The highest BCUT2D eigenvalue weighted by molar-refractivity contribution is 5.87. The number of carbonyl (C=O) groups is 2. The number of nitrogens with one attached hydrogen (secondary N) is 1. The molecule has 2 amide bonds. The minimum Gasteiger partial charge on any atom is -0.477 e. The van der Waals surface area contributed by atoms with Gasteiger partial charge in [-0.15, -0.1) is 0 Å². The van der Waals surface area contributed by atoms with E-state index in [0.717, 1.165) is 5.82 Å². The molecule has 1 aliphatic rings. The van der Waals surface area contributed by atoms with Crippen molar-refractivity contribution >= 4 is 17.8 Å². The summed E-state index contributed by atoms with van der Waals surface area (Å²) >= 11 is 0. The number of anilines is 1. The fraction of sp³-hybridized carbons (Fsp3) is 0.520. The second-order valence-corrected chi connectivity index (χ2v) is 9.72. The molecule has 184 valence electrons. The van der Waals surface area contributed by atoms with E-state index in [2.05, 4.69) is 34.0 Å². The highest BCUT2D eigenvalue weighted by atomic mass is 16.6. The average Bonchev–Trinajstić information content (AvgIpc) is 2.80. The van der Waals surface area contributed by atoms with Crippen LogP contribution in [0.3, 0.4) is 0 Å². The first kappa shape index (κ1) is 25.3. The van der Waals surface area contributed by atoms with Crippen LogP contribution in [0, 0.1) is 5.92 Å². The van der Waals surface area contributed by atoms with E-state index in [9.17, 15) is 9.59 Å². The van der Waals surface area contributed by atoms with Gasteiger partial charge in [0.25, 0.3) is 0 Å². The van der Waals surface area contributed by atoms with Gasteiger partial charge in [0.15, 0.2) is 0 Å². The van der Waals surface area contributed by atoms with Crippen LogP contribution in [-0.4, -0.2) is 65.3 Å². The lowest BCUT2D eigenvalue weighted by molar-refractivity contribution is -0.134. The standard InChI is InChI=1S/C25H35N5O4/c1-18(2)16-33-21-15-20(26-17-27-21)29-11-13-30(14-12-29)23(31)22(19-9-7-6-8-10-19)28-24(32)34-25(3,4)5/h6-10,15,17-18,22H,11-14,16H2,1-5H3,(H,28,32)/t22-/m0/s1. The first-order valence-corrected chi connectivity index (χ1v) is 11.7. The minimum absolute atomic E-state index is 0.166. The van der Waals surface area contributed by atoms with Crippen molar-refractivity contribution in [2.45, 2.75) is 46.3 Å². The van der Waals surface area contributed by atoms with Crippen molar-refractivity contribution in [2.75, 3.05) is 37.7 Å². The third-order valence-electron chi connectivity index (χ3n) is 5.15. The number of hydrogen-bond acceptors (Lipinski definition) is 7. The van der Waals surface area contributed by atoms with Crippen molar-refractivity contribution < 1.29 is 19.1 Å². The molecule has 1 aliphatic heterocycles. The van der Waals surface area contributed by atoms with Gasteiger partial charge in [-0.3, -0.25) is 4.79 Å². The maximum Gasteiger partial charge on any atom is 0.408 e. The number of amides is 2. The summed E-state index contributed by atoms with van der Waals surface area (Å²) in [6.45, 7) is 12.4. The maximum absolute atomic E-state index is 13.4. The Balaban J connectivity index is 1.66. The van der Waals surface area contributed by atoms with Gasteiger partial charge < -0.3 is 24.6 Å². The lowest BCUT2D eigenvalue weighted by atomic mass is 10.1. The summed E-state index contributed by atoms with van der Waals surface area (Å²) in [5, 5.41) is 2.76. The van der Waals surface area contributed by atoms with E-state index in [1.54, 1.807) is 25.7 Å². The molecule has 2 aromatic rings. The van der Waals surface area contributed by atoms with E-state index in [1.807, 2.05) is 36.4 Å². The number of alkyl carbamates (subject to hydrolysis) is 1. The lowest BCUT2D eigenvalue weighted by Gasteiger charge is -2.37. The van der Waals surface area contributed by atoms with E-state index >= 15 is 0 Å². The number of piperazine rings is 1. The van der Waals surface area contributed by atoms with Crippen LogP contribution in [0.15, 0.2) is 42.7 Å². The van der Waals surface area contributed by atoms with Crippen LogP contribution in [0.5, 0.6) is 5.88 Å². The Bertz CT molecular complexity index is 953. The van der Waals surface area contributed by atoms with E-state index in [1.165, 1.54) is 6.33 Å². The van der Waals surface area contributed by atoms with Crippen LogP contribution in [0.4, 0.5) is 10.6 Å². The SMILES string of the molecule is CC(C)COc1cc(N2CCN(C(=O)[C@@H](NC(=O)OC(C)(C)C)c3ccccc3)CC2)ncn1. The summed E-state index contributed by atoms with van der Waals surface area (Å²) < 4.78 is 11.1. The van der Waals surface area contributed by atoms with Gasteiger partial charge >= 0.3 is 6.09 Å². The Labute approximate surface area is 201 Å². The number of ether oxygens (including phenoxy) is 2. The molecule has 1 aromatic carbocycles. The molecule has 0 bridgehead atoms. The van der Waals surface area contributed by atoms with E-state index in [4.69, 9.17) is 9.47 Å². The lowest BCUT2D eigenvalue weighted by Crippen LogP contribution is -2.52. The highest BCUT2D eigenvalue weighted by Gasteiger charge is 2.31. The molecule has 0 saturated carbocycles. The number of carbonyl (C=O) groups excluding carboxylic acids is 2. The number of benzene rings is 1. The Hall–Kier alpha value is -3.36. The maximum atomic E-state index is 13.4. The molecule has 0 unspecified atom stereocenters. The zero-order chi connectivity index (χ0) is 24.7. The summed E-state index contributed by atoms with van der Waals surface area (Å²) in [5.74, 6) is 1.55. The van der Waals surface area contributed by atoms with Crippen molar-refractivity contribution in [1.82, 2.24) is 20.2 Å². The summed E-state index contributed by atoms with van der Waals surface area (Å²) in [6.07, 6.45) is 0.877.